The van der Waals surface area contributed by atoms with Crippen LogP contribution in [0.25, 0.3) is 6.08 Å². The van der Waals surface area contributed by atoms with Crippen LogP contribution in [0.1, 0.15) is 38.8 Å². The Morgan fingerprint density at radius 3 is 2.52 bits per heavy atom. The summed E-state index contributed by atoms with van der Waals surface area (Å²) in [6, 6.07) is 17.2. The van der Waals surface area contributed by atoms with Gasteiger partial charge in [-0.25, -0.2) is 4.79 Å². The van der Waals surface area contributed by atoms with Gasteiger partial charge in [0.2, 0.25) is 5.78 Å². The molecule has 4 rings (SSSR count). The summed E-state index contributed by atoms with van der Waals surface area (Å²) in [7, 11) is 0. The van der Waals surface area contributed by atoms with Gasteiger partial charge in [-0.3, -0.25) is 4.79 Å². The number of Topliss-reactive ketones (excluding diaryl/α,β-unsaturated/α-hetero) is 1. The van der Waals surface area contributed by atoms with Crippen molar-refractivity contribution in [1.82, 2.24) is 0 Å². The van der Waals surface area contributed by atoms with E-state index >= 15 is 0 Å². The molecule has 6 heteroatoms. The smallest absolute Gasteiger partial charge is 0.345 e. The van der Waals surface area contributed by atoms with Gasteiger partial charge in [-0.2, -0.15) is 0 Å². The van der Waals surface area contributed by atoms with Crippen LogP contribution in [0.3, 0.4) is 0 Å². The van der Waals surface area contributed by atoms with Crippen molar-refractivity contribution >= 4 is 29.4 Å². The van der Waals surface area contributed by atoms with Crippen LogP contribution < -0.4 is 14.2 Å². The molecule has 0 aromatic heterocycles. The van der Waals surface area contributed by atoms with Crippen LogP contribution in [0.4, 0.5) is 0 Å². The Morgan fingerprint density at radius 2 is 1.81 bits per heavy atom. The Hall–Kier alpha value is -3.57. The average molecular weight is 435 g/mol. The van der Waals surface area contributed by atoms with Crippen molar-refractivity contribution in [2.45, 2.75) is 13.8 Å². The molecule has 1 aliphatic rings. The van der Waals surface area contributed by atoms with E-state index in [0.717, 1.165) is 11.3 Å². The highest BCUT2D eigenvalue weighted by atomic mass is 35.5. The second-order valence-electron chi connectivity index (χ2n) is 6.92. The molecule has 0 aliphatic carbocycles. The third-order valence-electron chi connectivity index (χ3n) is 4.74. The molecule has 0 saturated heterocycles. The molecular weight excluding hydrogens is 416 g/mol. The highest BCUT2D eigenvalue weighted by Crippen LogP contribution is 2.38. The van der Waals surface area contributed by atoms with Crippen molar-refractivity contribution in [1.29, 1.82) is 0 Å². The normalized spacial score (nSPS) is 13.6. The SMILES string of the molecule is CCOc1ccc(/C=C2\Oc3cc(OC(=O)c4ccccc4Cl)cc(C)c3C2=O)cc1. The summed E-state index contributed by atoms with van der Waals surface area (Å²) >= 11 is 6.07. The topological polar surface area (TPSA) is 61.8 Å². The van der Waals surface area contributed by atoms with Crippen LogP contribution in [0.5, 0.6) is 17.2 Å². The van der Waals surface area contributed by atoms with Gasteiger partial charge in [0.15, 0.2) is 5.76 Å². The zero-order valence-electron chi connectivity index (χ0n) is 17.0. The van der Waals surface area contributed by atoms with Crippen molar-refractivity contribution in [3.63, 3.8) is 0 Å². The zero-order chi connectivity index (χ0) is 22.0. The maximum Gasteiger partial charge on any atom is 0.345 e. The Labute approximate surface area is 184 Å². The first-order chi connectivity index (χ1) is 15.0. The molecule has 0 unspecified atom stereocenters. The van der Waals surface area contributed by atoms with Crippen molar-refractivity contribution in [2.24, 2.45) is 0 Å². The zero-order valence-corrected chi connectivity index (χ0v) is 17.7. The van der Waals surface area contributed by atoms with E-state index in [1.807, 2.05) is 31.2 Å². The maximum atomic E-state index is 12.8. The number of halogens is 1. The van der Waals surface area contributed by atoms with Crippen molar-refractivity contribution < 1.29 is 23.8 Å². The number of hydrogen-bond donors (Lipinski definition) is 0. The fourth-order valence-electron chi connectivity index (χ4n) is 3.30. The number of ether oxygens (including phenoxy) is 3. The Bertz CT molecular complexity index is 1200. The minimum atomic E-state index is -0.584. The number of carbonyl (C=O) groups is 2. The number of ketones is 1. The molecule has 5 nitrogen and oxygen atoms in total. The first-order valence-corrected chi connectivity index (χ1v) is 10.1. The van der Waals surface area contributed by atoms with Crippen LogP contribution in [0.2, 0.25) is 5.02 Å². The third kappa shape index (κ3) is 4.32. The van der Waals surface area contributed by atoms with E-state index in [1.54, 1.807) is 43.3 Å². The minimum absolute atomic E-state index is 0.205. The fourth-order valence-corrected chi connectivity index (χ4v) is 3.52. The van der Waals surface area contributed by atoms with Gasteiger partial charge in [-0.15, -0.1) is 0 Å². The van der Waals surface area contributed by atoms with E-state index in [-0.39, 0.29) is 22.9 Å². The molecule has 31 heavy (non-hydrogen) atoms. The molecule has 3 aromatic rings. The Balaban J connectivity index is 1.57. The van der Waals surface area contributed by atoms with Gasteiger partial charge in [0.25, 0.3) is 0 Å². The van der Waals surface area contributed by atoms with E-state index in [2.05, 4.69) is 0 Å². The fraction of sp³-hybridized carbons (Fsp3) is 0.120. The first-order valence-electron chi connectivity index (χ1n) is 9.74. The summed E-state index contributed by atoms with van der Waals surface area (Å²) < 4.78 is 16.7. The largest absolute Gasteiger partial charge is 0.494 e. The Kier molecular flexibility index (Phi) is 5.78. The van der Waals surface area contributed by atoms with Gasteiger partial charge in [-0.1, -0.05) is 35.9 Å². The standard InChI is InChI=1S/C25H19ClO5/c1-3-29-17-10-8-16(9-11-17)13-22-24(27)23-15(2)12-18(14-21(23)31-22)30-25(28)19-6-4-5-7-20(19)26/h4-14H,3H2,1-2H3/b22-13-. The summed E-state index contributed by atoms with van der Waals surface area (Å²) in [5.41, 5.74) is 2.17. The summed E-state index contributed by atoms with van der Waals surface area (Å²) in [6.45, 7) is 4.27. The summed E-state index contributed by atoms with van der Waals surface area (Å²) in [6.07, 6.45) is 1.67. The van der Waals surface area contributed by atoms with Crippen molar-refractivity contribution in [2.75, 3.05) is 6.61 Å². The first kappa shape index (κ1) is 20.7. The highest BCUT2D eigenvalue weighted by Gasteiger charge is 2.30. The van der Waals surface area contributed by atoms with Crippen LogP contribution in [-0.4, -0.2) is 18.4 Å². The number of rotatable bonds is 5. The quantitative estimate of drug-likeness (QED) is 0.285. The molecule has 3 aromatic carbocycles. The summed E-state index contributed by atoms with van der Waals surface area (Å²) in [4.78, 5) is 25.3. The number of esters is 1. The monoisotopic (exact) mass is 434 g/mol. The number of allylic oxidation sites excluding steroid dienone is 1. The Morgan fingerprint density at radius 1 is 1.06 bits per heavy atom. The van der Waals surface area contributed by atoms with Gasteiger partial charge >= 0.3 is 5.97 Å². The molecular formula is C25H19ClO5. The van der Waals surface area contributed by atoms with Crippen LogP contribution >= 0.6 is 11.6 Å². The predicted octanol–water partition coefficient (Wildman–Crippen LogP) is 5.88. The van der Waals surface area contributed by atoms with E-state index < -0.39 is 5.97 Å². The summed E-state index contributed by atoms with van der Waals surface area (Å²) in [5.74, 6) is 0.787. The van der Waals surface area contributed by atoms with Gasteiger partial charge < -0.3 is 14.2 Å². The molecule has 0 amide bonds. The predicted molar refractivity (Wildman–Crippen MR) is 118 cm³/mol. The molecule has 0 radical (unpaired) electrons. The molecule has 0 spiro atoms. The van der Waals surface area contributed by atoms with Gasteiger partial charge in [0.1, 0.15) is 17.2 Å². The van der Waals surface area contributed by atoms with E-state index in [4.69, 9.17) is 25.8 Å². The number of carbonyl (C=O) groups excluding carboxylic acids is 2. The number of fused-ring (bicyclic) bond motifs is 1. The number of hydrogen-bond acceptors (Lipinski definition) is 5. The molecule has 0 saturated carbocycles. The molecule has 1 heterocycles. The van der Waals surface area contributed by atoms with Gasteiger partial charge in [0.05, 0.1) is 22.8 Å². The van der Waals surface area contributed by atoms with Crippen LogP contribution in [0.15, 0.2) is 66.4 Å². The van der Waals surface area contributed by atoms with E-state index in [0.29, 0.717) is 28.5 Å². The molecule has 0 bridgehead atoms. The number of benzene rings is 3. The minimum Gasteiger partial charge on any atom is -0.494 e. The van der Waals surface area contributed by atoms with Gasteiger partial charge in [0, 0.05) is 6.07 Å². The maximum absolute atomic E-state index is 12.8. The van der Waals surface area contributed by atoms with E-state index in [9.17, 15) is 9.59 Å². The summed E-state index contributed by atoms with van der Waals surface area (Å²) in [5, 5.41) is 0.303. The lowest BCUT2D eigenvalue weighted by molar-refractivity contribution is 0.0734. The molecule has 156 valence electrons. The van der Waals surface area contributed by atoms with Crippen molar-refractivity contribution in [3.05, 3.63) is 93.7 Å². The highest BCUT2D eigenvalue weighted by molar-refractivity contribution is 6.33. The van der Waals surface area contributed by atoms with Crippen LogP contribution in [-0.2, 0) is 0 Å². The number of aryl methyl sites for hydroxylation is 1. The molecule has 0 fully saturated rings. The van der Waals surface area contributed by atoms with Gasteiger partial charge in [-0.05, 0) is 61.4 Å². The lowest BCUT2D eigenvalue weighted by Crippen LogP contribution is -2.09. The molecule has 0 N–H and O–H groups in total. The molecule has 1 aliphatic heterocycles. The third-order valence-corrected chi connectivity index (χ3v) is 5.07. The lowest BCUT2D eigenvalue weighted by Gasteiger charge is -2.08. The van der Waals surface area contributed by atoms with Crippen LogP contribution in [0, 0.1) is 6.92 Å². The second kappa shape index (κ2) is 8.66. The van der Waals surface area contributed by atoms with E-state index in [1.165, 1.54) is 6.07 Å². The van der Waals surface area contributed by atoms with Crippen molar-refractivity contribution in [3.8, 4) is 17.2 Å². The molecule has 0 atom stereocenters. The average Bonchev–Trinajstić information content (AvgIpc) is 3.05. The second-order valence-corrected chi connectivity index (χ2v) is 7.33. The lowest BCUT2D eigenvalue weighted by atomic mass is 10.0.